The van der Waals surface area contributed by atoms with E-state index < -0.39 is 0 Å². The van der Waals surface area contributed by atoms with Gasteiger partial charge in [-0.25, -0.2) is 0 Å². The van der Waals surface area contributed by atoms with Gasteiger partial charge < -0.3 is 5.11 Å². The van der Waals surface area contributed by atoms with Gasteiger partial charge in [0.05, 0.1) is 0 Å². The van der Waals surface area contributed by atoms with Crippen LogP contribution in [0, 0.1) is 0 Å². The summed E-state index contributed by atoms with van der Waals surface area (Å²) in [5, 5.41) is 17.9. The number of hydrogen-bond donors (Lipinski definition) is 1. The normalized spacial score (nSPS) is 11.3. The van der Waals surface area contributed by atoms with Crippen molar-refractivity contribution < 1.29 is 5.11 Å². The van der Waals surface area contributed by atoms with Gasteiger partial charge >= 0.3 is 0 Å². The van der Waals surface area contributed by atoms with E-state index in [1.807, 2.05) is 18.2 Å². The minimum atomic E-state index is 0.290. The molecule has 0 aromatic heterocycles. The number of fused-ring (bicyclic) bond motifs is 3. The average Bonchev–Trinajstić information content (AvgIpc) is 3.07. The molecule has 0 saturated carbocycles. The Morgan fingerprint density at radius 1 is 0.302 bits per heavy atom. The summed E-state index contributed by atoms with van der Waals surface area (Å²) in [4.78, 5) is 0. The molecule has 8 aromatic rings. The Labute approximate surface area is 250 Å². The highest BCUT2D eigenvalue weighted by atomic mass is 16.3. The van der Waals surface area contributed by atoms with Crippen LogP contribution in [-0.2, 0) is 0 Å². The summed E-state index contributed by atoms with van der Waals surface area (Å²) in [6.45, 7) is 0. The number of benzene rings is 8. The molecule has 0 aliphatic rings. The molecule has 0 amide bonds. The highest BCUT2D eigenvalue weighted by molar-refractivity contribution is 6.21. The van der Waals surface area contributed by atoms with Gasteiger partial charge in [0, 0.05) is 5.56 Å². The SMILES string of the molecule is Oc1ccccc1-c1cccc(-c2cccc(-c3c4ccccc4c(-c4ccc5ccccc5c4)c4ccccc34)c2)c1. The molecule has 8 rings (SSSR count). The summed E-state index contributed by atoms with van der Waals surface area (Å²) in [6, 6.07) is 57.7. The fraction of sp³-hybridized carbons (Fsp3) is 0. The van der Waals surface area contributed by atoms with E-state index in [-0.39, 0.29) is 5.75 Å². The quantitative estimate of drug-likeness (QED) is 0.217. The summed E-state index contributed by atoms with van der Waals surface area (Å²) in [5.41, 5.74) is 9.01. The Balaban J connectivity index is 1.34. The van der Waals surface area contributed by atoms with E-state index in [2.05, 4.69) is 140 Å². The monoisotopic (exact) mass is 548 g/mol. The number of hydrogen-bond acceptors (Lipinski definition) is 1. The van der Waals surface area contributed by atoms with Crippen molar-refractivity contribution in [3.8, 4) is 50.3 Å². The molecule has 0 heterocycles. The maximum absolute atomic E-state index is 10.5. The predicted octanol–water partition coefficient (Wildman–Crippen LogP) is 11.5. The average molecular weight is 549 g/mol. The van der Waals surface area contributed by atoms with Crippen LogP contribution in [0.15, 0.2) is 164 Å². The van der Waals surface area contributed by atoms with Gasteiger partial charge in [-0.1, -0.05) is 140 Å². The highest BCUT2D eigenvalue weighted by Gasteiger charge is 2.17. The first-order valence-corrected chi connectivity index (χ1v) is 14.7. The number of rotatable bonds is 4. The van der Waals surface area contributed by atoms with Crippen LogP contribution in [0.4, 0.5) is 0 Å². The van der Waals surface area contributed by atoms with E-state index in [4.69, 9.17) is 0 Å². The molecule has 0 atom stereocenters. The minimum absolute atomic E-state index is 0.290. The van der Waals surface area contributed by atoms with Crippen molar-refractivity contribution in [2.24, 2.45) is 0 Å². The van der Waals surface area contributed by atoms with Gasteiger partial charge in [0.2, 0.25) is 0 Å². The van der Waals surface area contributed by atoms with Crippen LogP contribution in [0.5, 0.6) is 5.75 Å². The molecular weight excluding hydrogens is 520 g/mol. The molecule has 1 N–H and O–H groups in total. The van der Waals surface area contributed by atoms with E-state index in [0.29, 0.717) is 0 Å². The molecule has 1 heteroatoms. The first-order chi connectivity index (χ1) is 21.2. The molecule has 0 unspecified atom stereocenters. The van der Waals surface area contributed by atoms with Crippen molar-refractivity contribution in [1.29, 1.82) is 0 Å². The molecule has 202 valence electrons. The molecule has 0 spiro atoms. The first-order valence-electron chi connectivity index (χ1n) is 14.7. The predicted molar refractivity (Wildman–Crippen MR) is 182 cm³/mol. The number of para-hydroxylation sites is 1. The molecule has 0 aliphatic heterocycles. The van der Waals surface area contributed by atoms with Gasteiger partial charge in [-0.05, 0) is 95.5 Å². The second-order valence-electron chi connectivity index (χ2n) is 11.1. The summed E-state index contributed by atoms with van der Waals surface area (Å²) >= 11 is 0. The van der Waals surface area contributed by atoms with Crippen LogP contribution < -0.4 is 0 Å². The van der Waals surface area contributed by atoms with E-state index in [1.165, 1.54) is 54.6 Å². The molecule has 1 nitrogen and oxygen atoms in total. The van der Waals surface area contributed by atoms with E-state index in [1.54, 1.807) is 6.07 Å². The molecule has 43 heavy (non-hydrogen) atoms. The maximum Gasteiger partial charge on any atom is 0.123 e. The lowest BCUT2D eigenvalue weighted by Gasteiger charge is -2.18. The zero-order chi connectivity index (χ0) is 28.8. The zero-order valence-electron chi connectivity index (χ0n) is 23.5. The van der Waals surface area contributed by atoms with Gasteiger partial charge in [0.1, 0.15) is 5.75 Å². The standard InChI is InChI=1S/C42H28O/c43-40-22-8-7-17-35(40)32-15-9-13-30(25-32)31-14-10-16-33(27-31)41-36-18-3-5-20-38(36)42(39-21-6-4-19-37(39)41)34-24-23-28-11-1-2-12-29(28)26-34/h1-27,43H. The Hall–Kier alpha value is -5.66. The summed E-state index contributed by atoms with van der Waals surface area (Å²) in [7, 11) is 0. The van der Waals surface area contributed by atoms with E-state index in [0.717, 1.165) is 22.3 Å². The molecule has 8 aromatic carbocycles. The van der Waals surface area contributed by atoms with Gasteiger partial charge in [-0.15, -0.1) is 0 Å². The lowest BCUT2D eigenvalue weighted by molar-refractivity contribution is 0.477. The third-order valence-corrected chi connectivity index (χ3v) is 8.53. The molecule has 0 bridgehead atoms. The largest absolute Gasteiger partial charge is 0.507 e. The fourth-order valence-corrected chi connectivity index (χ4v) is 6.53. The smallest absolute Gasteiger partial charge is 0.123 e. The summed E-state index contributed by atoms with van der Waals surface area (Å²) in [6.07, 6.45) is 0. The van der Waals surface area contributed by atoms with Crippen LogP contribution in [0.25, 0.3) is 76.8 Å². The van der Waals surface area contributed by atoms with Gasteiger partial charge in [-0.3, -0.25) is 0 Å². The lowest BCUT2D eigenvalue weighted by atomic mass is 9.85. The van der Waals surface area contributed by atoms with Gasteiger partial charge in [0.25, 0.3) is 0 Å². The Bertz CT molecular complexity index is 2250. The molecule has 0 radical (unpaired) electrons. The zero-order valence-corrected chi connectivity index (χ0v) is 23.5. The van der Waals surface area contributed by atoms with Crippen molar-refractivity contribution in [3.63, 3.8) is 0 Å². The second-order valence-corrected chi connectivity index (χ2v) is 11.1. The lowest BCUT2D eigenvalue weighted by Crippen LogP contribution is -1.91. The van der Waals surface area contributed by atoms with Gasteiger partial charge in [-0.2, -0.15) is 0 Å². The third kappa shape index (κ3) is 4.34. The molecular formula is C42H28O. The van der Waals surface area contributed by atoms with Crippen molar-refractivity contribution >= 4 is 32.3 Å². The Morgan fingerprint density at radius 2 is 0.767 bits per heavy atom. The van der Waals surface area contributed by atoms with Gasteiger partial charge in [0.15, 0.2) is 0 Å². The maximum atomic E-state index is 10.5. The van der Waals surface area contributed by atoms with Crippen molar-refractivity contribution in [2.75, 3.05) is 0 Å². The van der Waals surface area contributed by atoms with Crippen molar-refractivity contribution in [2.45, 2.75) is 0 Å². The van der Waals surface area contributed by atoms with Crippen LogP contribution in [-0.4, -0.2) is 5.11 Å². The highest BCUT2D eigenvalue weighted by Crippen LogP contribution is 2.44. The van der Waals surface area contributed by atoms with Crippen molar-refractivity contribution in [1.82, 2.24) is 0 Å². The van der Waals surface area contributed by atoms with E-state index in [9.17, 15) is 5.11 Å². The first kappa shape index (κ1) is 25.1. The van der Waals surface area contributed by atoms with Crippen LogP contribution >= 0.6 is 0 Å². The van der Waals surface area contributed by atoms with Crippen LogP contribution in [0.3, 0.4) is 0 Å². The molecule has 0 aliphatic carbocycles. The number of phenolic OH excluding ortho intramolecular Hbond substituents is 1. The third-order valence-electron chi connectivity index (χ3n) is 8.53. The Kier molecular flexibility index (Phi) is 6.02. The summed E-state index contributed by atoms with van der Waals surface area (Å²) in [5.74, 6) is 0.290. The van der Waals surface area contributed by atoms with Crippen LogP contribution in [0.1, 0.15) is 0 Å². The summed E-state index contributed by atoms with van der Waals surface area (Å²) < 4.78 is 0. The number of aromatic hydroxyl groups is 1. The molecule has 0 saturated heterocycles. The number of phenols is 1. The van der Waals surface area contributed by atoms with Crippen LogP contribution in [0.2, 0.25) is 0 Å². The minimum Gasteiger partial charge on any atom is -0.507 e. The fourth-order valence-electron chi connectivity index (χ4n) is 6.53. The second kappa shape index (κ2) is 10.3. The Morgan fingerprint density at radius 3 is 1.40 bits per heavy atom. The topological polar surface area (TPSA) is 20.2 Å². The molecule has 0 fully saturated rings. The van der Waals surface area contributed by atoms with E-state index >= 15 is 0 Å². The van der Waals surface area contributed by atoms with Crippen molar-refractivity contribution in [3.05, 3.63) is 164 Å².